The van der Waals surface area contributed by atoms with Crippen LogP contribution in [-0.2, 0) is 0 Å². The molecule has 15 heavy (non-hydrogen) atoms. The minimum atomic E-state index is 0. The van der Waals surface area contributed by atoms with Crippen LogP contribution in [0.2, 0.25) is 0 Å². The molecule has 2 aliphatic rings. The van der Waals surface area contributed by atoms with Gasteiger partial charge in [-0.15, -0.1) is 12.4 Å². The first-order chi connectivity index (χ1) is 6.79. The highest BCUT2D eigenvalue weighted by molar-refractivity contribution is 7.99. The van der Waals surface area contributed by atoms with Gasteiger partial charge in [-0.2, -0.15) is 11.8 Å². The Labute approximate surface area is 104 Å². The lowest BCUT2D eigenvalue weighted by Crippen LogP contribution is -2.59. The molecule has 90 valence electrons. The molecule has 2 rings (SSSR count). The first kappa shape index (κ1) is 13.6. The molecule has 0 radical (unpaired) electrons. The molecule has 0 aromatic heterocycles. The molecule has 0 aromatic rings. The average molecular weight is 251 g/mol. The highest BCUT2D eigenvalue weighted by Gasteiger charge is 2.31. The van der Waals surface area contributed by atoms with Crippen LogP contribution < -0.4 is 5.32 Å². The normalized spacial score (nSPS) is 34.8. The third kappa shape index (κ3) is 3.26. The number of nitrogens with zero attached hydrogens (tertiary/aromatic N) is 1. The van der Waals surface area contributed by atoms with Crippen LogP contribution in [0.15, 0.2) is 0 Å². The molecule has 0 bridgehead atoms. The summed E-state index contributed by atoms with van der Waals surface area (Å²) in [7, 11) is 0. The molecule has 1 N–H and O–H groups in total. The van der Waals surface area contributed by atoms with Crippen molar-refractivity contribution in [3.05, 3.63) is 0 Å². The zero-order chi connectivity index (χ0) is 9.97. The SMILES string of the molecule is C[C@@H]1CNC[C@H](C)N1C1CCSCC1.Cl. The smallest absolute Gasteiger partial charge is 0.0198 e. The van der Waals surface area contributed by atoms with E-state index in [0.29, 0.717) is 0 Å². The fourth-order valence-corrected chi connectivity index (χ4v) is 3.93. The average Bonchev–Trinajstić information content (AvgIpc) is 2.19. The predicted octanol–water partition coefficient (Wildman–Crippen LogP) is 1.99. The van der Waals surface area contributed by atoms with Crippen molar-refractivity contribution in [2.24, 2.45) is 0 Å². The molecule has 2 saturated heterocycles. The van der Waals surface area contributed by atoms with Crippen LogP contribution in [0.5, 0.6) is 0 Å². The Morgan fingerprint density at radius 3 is 2.13 bits per heavy atom. The zero-order valence-electron chi connectivity index (χ0n) is 9.74. The molecule has 4 heteroatoms. The first-order valence-corrected chi connectivity index (χ1v) is 7.00. The summed E-state index contributed by atoms with van der Waals surface area (Å²) in [4.78, 5) is 2.76. The van der Waals surface area contributed by atoms with Crippen molar-refractivity contribution in [1.29, 1.82) is 0 Å². The summed E-state index contributed by atoms with van der Waals surface area (Å²) >= 11 is 2.12. The molecular formula is C11H23ClN2S. The molecule has 0 unspecified atom stereocenters. The van der Waals surface area contributed by atoms with E-state index in [9.17, 15) is 0 Å². The summed E-state index contributed by atoms with van der Waals surface area (Å²) in [6.45, 7) is 7.08. The van der Waals surface area contributed by atoms with Crippen LogP contribution in [0.1, 0.15) is 26.7 Å². The van der Waals surface area contributed by atoms with Crippen LogP contribution in [0, 0.1) is 0 Å². The third-order valence-corrected chi connectivity index (χ3v) is 4.56. The Kier molecular flexibility index (Phi) is 5.75. The quantitative estimate of drug-likeness (QED) is 0.766. The summed E-state index contributed by atoms with van der Waals surface area (Å²) in [5.74, 6) is 2.74. The molecule has 0 saturated carbocycles. The predicted molar refractivity (Wildman–Crippen MR) is 71.2 cm³/mol. The second-order valence-corrected chi connectivity index (χ2v) is 5.87. The van der Waals surface area contributed by atoms with Crippen molar-refractivity contribution in [2.75, 3.05) is 24.6 Å². The van der Waals surface area contributed by atoms with Gasteiger partial charge in [0, 0.05) is 31.2 Å². The van der Waals surface area contributed by atoms with E-state index < -0.39 is 0 Å². The standard InChI is InChI=1S/C11H22N2S.ClH/c1-9-7-12-8-10(2)13(9)11-3-5-14-6-4-11;/h9-12H,3-8H2,1-2H3;1H/t9-,10+;. The molecular weight excluding hydrogens is 228 g/mol. The molecule has 2 aliphatic heterocycles. The highest BCUT2D eigenvalue weighted by atomic mass is 35.5. The highest BCUT2D eigenvalue weighted by Crippen LogP contribution is 2.25. The summed E-state index contributed by atoms with van der Waals surface area (Å²) in [5, 5.41) is 3.51. The van der Waals surface area contributed by atoms with E-state index in [1.165, 1.54) is 37.4 Å². The van der Waals surface area contributed by atoms with Crippen molar-refractivity contribution in [2.45, 2.75) is 44.8 Å². The van der Waals surface area contributed by atoms with Gasteiger partial charge in [-0.3, -0.25) is 4.90 Å². The number of halogens is 1. The number of thioether (sulfide) groups is 1. The van der Waals surface area contributed by atoms with E-state index in [2.05, 4.69) is 35.8 Å². The van der Waals surface area contributed by atoms with Gasteiger partial charge in [-0.1, -0.05) is 0 Å². The summed E-state index contributed by atoms with van der Waals surface area (Å²) in [5.41, 5.74) is 0. The van der Waals surface area contributed by atoms with E-state index in [-0.39, 0.29) is 12.4 Å². The fraction of sp³-hybridized carbons (Fsp3) is 1.00. The summed E-state index contributed by atoms with van der Waals surface area (Å²) < 4.78 is 0. The molecule has 0 aliphatic carbocycles. The van der Waals surface area contributed by atoms with Gasteiger partial charge < -0.3 is 5.32 Å². The van der Waals surface area contributed by atoms with E-state index in [1.807, 2.05) is 0 Å². The van der Waals surface area contributed by atoms with Gasteiger partial charge >= 0.3 is 0 Å². The van der Waals surface area contributed by atoms with Gasteiger partial charge in [0.25, 0.3) is 0 Å². The summed E-state index contributed by atoms with van der Waals surface area (Å²) in [6, 6.07) is 2.32. The fourth-order valence-electron chi connectivity index (χ4n) is 2.85. The van der Waals surface area contributed by atoms with Crippen molar-refractivity contribution in [1.82, 2.24) is 10.2 Å². The second kappa shape index (κ2) is 6.33. The van der Waals surface area contributed by atoms with Gasteiger partial charge in [0.1, 0.15) is 0 Å². The Hall–Kier alpha value is 0.560. The monoisotopic (exact) mass is 250 g/mol. The maximum absolute atomic E-state index is 3.51. The minimum Gasteiger partial charge on any atom is -0.314 e. The molecule has 0 aromatic carbocycles. The third-order valence-electron chi connectivity index (χ3n) is 3.51. The maximum Gasteiger partial charge on any atom is 0.0198 e. The topological polar surface area (TPSA) is 15.3 Å². The molecule has 2 heterocycles. The van der Waals surface area contributed by atoms with Crippen molar-refractivity contribution in [3.63, 3.8) is 0 Å². The molecule has 2 fully saturated rings. The van der Waals surface area contributed by atoms with Crippen LogP contribution >= 0.6 is 24.2 Å². The van der Waals surface area contributed by atoms with E-state index >= 15 is 0 Å². The Morgan fingerprint density at radius 2 is 1.60 bits per heavy atom. The van der Waals surface area contributed by atoms with Gasteiger partial charge in [-0.05, 0) is 38.2 Å². The van der Waals surface area contributed by atoms with Crippen molar-refractivity contribution in [3.8, 4) is 0 Å². The molecule has 2 atom stereocenters. The van der Waals surface area contributed by atoms with Crippen molar-refractivity contribution >= 4 is 24.2 Å². The molecule has 0 spiro atoms. The van der Waals surface area contributed by atoms with Gasteiger partial charge in [0.2, 0.25) is 0 Å². The Balaban J connectivity index is 0.00000112. The van der Waals surface area contributed by atoms with Crippen LogP contribution in [0.3, 0.4) is 0 Å². The first-order valence-electron chi connectivity index (χ1n) is 5.85. The minimum absolute atomic E-state index is 0. The van der Waals surface area contributed by atoms with Gasteiger partial charge in [-0.25, -0.2) is 0 Å². The zero-order valence-corrected chi connectivity index (χ0v) is 11.4. The Bertz CT molecular complexity index is 175. The summed E-state index contributed by atoms with van der Waals surface area (Å²) in [6.07, 6.45) is 2.80. The van der Waals surface area contributed by atoms with Crippen LogP contribution in [-0.4, -0.2) is 47.6 Å². The molecule has 0 amide bonds. The lowest BCUT2D eigenvalue weighted by atomic mass is 10.0. The number of hydrogen-bond donors (Lipinski definition) is 1. The number of rotatable bonds is 1. The Morgan fingerprint density at radius 1 is 1.07 bits per heavy atom. The van der Waals surface area contributed by atoms with Crippen molar-refractivity contribution < 1.29 is 0 Å². The maximum atomic E-state index is 3.51. The van der Waals surface area contributed by atoms with Gasteiger partial charge in [0.05, 0.1) is 0 Å². The van der Waals surface area contributed by atoms with E-state index in [0.717, 1.165) is 18.1 Å². The lowest BCUT2D eigenvalue weighted by molar-refractivity contribution is 0.0621. The van der Waals surface area contributed by atoms with E-state index in [1.54, 1.807) is 0 Å². The van der Waals surface area contributed by atoms with Crippen LogP contribution in [0.25, 0.3) is 0 Å². The number of nitrogens with one attached hydrogen (secondary N) is 1. The largest absolute Gasteiger partial charge is 0.314 e. The van der Waals surface area contributed by atoms with Crippen LogP contribution in [0.4, 0.5) is 0 Å². The van der Waals surface area contributed by atoms with Gasteiger partial charge in [0.15, 0.2) is 0 Å². The number of hydrogen-bond acceptors (Lipinski definition) is 3. The lowest BCUT2D eigenvalue weighted by Gasteiger charge is -2.45. The second-order valence-electron chi connectivity index (χ2n) is 4.65. The van der Waals surface area contributed by atoms with E-state index in [4.69, 9.17) is 0 Å². The number of piperazine rings is 1. The molecule has 2 nitrogen and oxygen atoms in total.